The first-order valence-corrected chi connectivity index (χ1v) is 6.55. The Balaban J connectivity index is 1.89. The zero-order valence-electron chi connectivity index (χ0n) is 10.3. The van der Waals surface area contributed by atoms with E-state index in [4.69, 9.17) is 0 Å². The number of aliphatic carboxylic acids is 1. The summed E-state index contributed by atoms with van der Waals surface area (Å²) in [5.41, 5.74) is 0. The van der Waals surface area contributed by atoms with Gasteiger partial charge in [-0.25, -0.2) is 0 Å². The summed E-state index contributed by atoms with van der Waals surface area (Å²) in [5, 5.41) is 12.8. The maximum Gasteiger partial charge on any atom is 0.308 e. The lowest BCUT2D eigenvalue weighted by molar-refractivity contribution is -0.144. The average Bonchev–Trinajstić information content (AvgIpc) is 2.76. The molecule has 2 N–H and O–H groups in total. The third kappa shape index (κ3) is 2.24. The van der Waals surface area contributed by atoms with Gasteiger partial charge in [0.05, 0.1) is 5.92 Å². The van der Waals surface area contributed by atoms with Crippen molar-refractivity contribution in [1.82, 2.24) is 5.32 Å². The van der Waals surface area contributed by atoms with Gasteiger partial charge in [0.15, 0.2) is 0 Å². The number of fused-ring (bicyclic) bond motifs is 2. The summed E-state index contributed by atoms with van der Waals surface area (Å²) in [4.78, 5) is 11.3. The molecule has 3 nitrogen and oxygen atoms in total. The van der Waals surface area contributed by atoms with Gasteiger partial charge in [0, 0.05) is 6.04 Å². The highest BCUT2D eigenvalue weighted by Gasteiger charge is 2.50. The van der Waals surface area contributed by atoms with Crippen molar-refractivity contribution in [3.63, 3.8) is 0 Å². The predicted molar refractivity (Wildman–Crippen MR) is 63.2 cm³/mol. The molecule has 2 rings (SSSR count). The van der Waals surface area contributed by atoms with Gasteiger partial charge in [0.25, 0.3) is 0 Å². The number of carbonyl (C=O) groups is 1. The van der Waals surface area contributed by atoms with Crippen LogP contribution in [0.2, 0.25) is 0 Å². The summed E-state index contributed by atoms with van der Waals surface area (Å²) >= 11 is 0. The summed E-state index contributed by atoms with van der Waals surface area (Å²) in [6.07, 6.45) is 4.63. The Morgan fingerprint density at radius 2 is 2.06 bits per heavy atom. The highest BCUT2D eigenvalue weighted by Crippen LogP contribution is 2.48. The van der Waals surface area contributed by atoms with E-state index in [2.05, 4.69) is 19.2 Å². The topological polar surface area (TPSA) is 49.3 Å². The first-order chi connectivity index (χ1) is 7.59. The molecular formula is C13H23NO2. The molecule has 0 heterocycles. The fourth-order valence-corrected chi connectivity index (χ4v) is 3.48. The van der Waals surface area contributed by atoms with Gasteiger partial charge in [-0.05, 0) is 50.0 Å². The Kier molecular flexibility index (Phi) is 3.53. The molecule has 0 spiro atoms. The molecular weight excluding hydrogens is 202 g/mol. The van der Waals surface area contributed by atoms with E-state index in [0.717, 1.165) is 25.8 Å². The van der Waals surface area contributed by atoms with Crippen LogP contribution in [0.1, 0.15) is 39.5 Å². The monoisotopic (exact) mass is 225 g/mol. The van der Waals surface area contributed by atoms with Crippen molar-refractivity contribution >= 4 is 5.97 Å². The first-order valence-electron chi connectivity index (χ1n) is 6.55. The van der Waals surface area contributed by atoms with Crippen molar-refractivity contribution in [2.45, 2.75) is 45.6 Å². The van der Waals surface area contributed by atoms with E-state index in [1.165, 1.54) is 6.42 Å². The predicted octanol–water partition coefficient (Wildman–Crippen LogP) is 2.12. The van der Waals surface area contributed by atoms with Gasteiger partial charge in [-0.3, -0.25) is 4.79 Å². The highest BCUT2D eigenvalue weighted by molar-refractivity contribution is 5.72. The SMILES string of the molecule is CC(C)CCNC1C2CCC(C2)C1C(=O)O. The molecule has 16 heavy (non-hydrogen) atoms. The normalized spacial score (nSPS) is 37.2. The summed E-state index contributed by atoms with van der Waals surface area (Å²) in [7, 11) is 0. The van der Waals surface area contributed by atoms with Crippen LogP contribution in [0.4, 0.5) is 0 Å². The Morgan fingerprint density at radius 1 is 1.38 bits per heavy atom. The molecule has 0 saturated heterocycles. The number of rotatable bonds is 5. The second-order valence-electron chi connectivity index (χ2n) is 5.86. The van der Waals surface area contributed by atoms with Gasteiger partial charge in [-0.1, -0.05) is 13.8 Å². The summed E-state index contributed by atoms with van der Waals surface area (Å²) in [6, 6.07) is 0.245. The quantitative estimate of drug-likeness (QED) is 0.753. The second kappa shape index (κ2) is 4.74. The highest BCUT2D eigenvalue weighted by atomic mass is 16.4. The van der Waals surface area contributed by atoms with Crippen LogP contribution in [-0.4, -0.2) is 23.7 Å². The summed E-state index contributed by atoms with van der Waals surface area (Å²) in [6.45, 7) is 5.38. The van der Waals surface area contributed by atoms with E-state index < -0.39 is 5.97 Å². The van der Waals surface area contributed by atoms with Gasteiger partial charge in [0.1, 0.15) is 0 Å². The fourth-order valence-electron chi connectivity index (χ4n) is 3.48. The van der Waals surface area contributed by atoms with Crippen molar-refractivity contribution in [3.05, 3.63) is 0 Å². The zero-order chi connectivity index (χ0) is 11.7. The molecule has 4 unspecified atom stereocenters. The van der Waals surface area contributed by atoms with E-state index in [1.54, 1.807) is 0 Å². The van der Waals surface area contributed by atoms with Crippen LogP contribution < -0.4 is 5.32 Å². The Morgan fingerprint density at radius 3 is 2.69 bits per heavy atom. The first kappa shape index (κ1) is 11.9. The van der Waals surface area contributed by atoms with Crippen molar-refractivity contribution in [1.29, 1.82) is 0 Å². The van der Waals surface area contributed by atoms with Gasteiger partial charge in [-0.2, -0.15) is 0 Å². The fraction of sp³-hybridized carbons (Fsp3) is 0.923. The van der Waals surface area contributed by atoms with E-state index in [-0.39, 0.29) is 12.0 Å². The molecule has 0 aromatic heterocycles. The third-order valence-electron chi connectivity index (χ3n) is 4.30. The third-order valence-corrected chi connectivity index (χ3v) is 4.30. The molecule has 0 aliphatic heterocycles. The van der Waals surface area contributed by atoms with Crippen LogP contribution in [0.3, 0.4) is 0 Å². The van der Waals surface area contributed by atoms with Crippen molar-refractivity contribution in [2.75, 3.05) is 6.54 Å². The Hall–Kier alpha value is -0.570. The van der Waals surface area contributed by atoms with Gasteiger partial charge >= 0.3 is 5.97 Å². The molecule has 2 bridgehead atoms. The molecule has 0 amide bonds. The maximum atomic E-state index is 11.3. The zero-order valence-corrected chi connectivity index (χ0v) is 10.3. The average molecular weight is 225 g/mol. The van der Waals surface area contributed by atoms with Crippen molar-refractivity contribution in [3.8, 4) is 0 Å². The molecule has 0 radical (unpaired) electrons. The largest absolute Gasteiger partial charge is 0.481 e. The lowest BCUT2D eigenvalue weighted by Crippen LogP contribution is -2.44. The number of hydrogen-bond acceptors (Lipinski definition) is 2. The molecule has 3 heteroatoms. The number of hydrogen-bond donors (Lipinski definition) is 2. The molecule has 4 atom stereocenters. The van der Waals surface area contributed by atoms with Gasteiger partial charge in [0.2, 0.25) is 0 Å². The molecule has 0 aromatic carbocycles. The number of carboxylic acid groups (broad SMARTS) is 1. The Bertz CT molecular complexity index is 265. The molecule has 2 saturated carbocycles. The molecule has 2 aliphatic rings. The summed E-state index contributed by atoms with van der Waals surface area (Å²) < 4.78 is 0. The van der Waals surface area contributed by atoms with Crippen LogP contribution >= 0.6 is 0 Å². The molecule has 0 aromatic rings. The maximum absolute atomic E-state index is 11.3. The van der Waals surface area contributed by atoms with Crippen LogP contribution in [0, 0.1) is 23.7 Å². The minimum Gasteiger partial charge on any atom is -0.481 e. The van der Waals surface area contributed by atoms with E-state index in [9.17, 15) is 9.90 Å². The number of nitrogens with one attached hydrogen (secondary N) is 1. The van der Waals surface area contributed by atoms with E-state index in [1.807, 2.05) is 0 Å². The molecule has 2 aliphatic carbocycles. The van der Waals surface area contributed by atoms with Crippen LogP contribution in [0.15, 0.2) is 0 Å². The lowest BCUT2D eigenvalue weighted by Gasteiger charge is -2.29. The minimum absolute atomic E-state index is 0.120. The standard InChI is InChI=1S/C13H23NO2/c1-8(2)5-6-14-12-10-4-3-9(7-10)11(12)13(15)16/h8-12,14H,3-7H2,1-2H3,(H,15,16). The minimum atomic E-state index is -0.589. The molecule has 2 fully saturated rings. The lowest BCUT2D eigenvalue weighted by atomic mass is 9.84. The smallest absolute Gasteiger partial charge is 0.308 e. The summed E-state index contributed by atoms with van der Waals surface area (Å²) in [5.74, 6) is 1.05. The molecule has 92 valence electrons. The van der Waals surface area contributed by atoms with Gasteiger partial charge < -0.3 is 10.4 Å². The van der Waals surface area contributed by atoms with Crippen molar-refractivity contribution < 1.29 is 9.90 Å². The van der Waals surface area contributed by atoms with Crippen LogP contribution in [-0.2, 0) is 4.79 Å². The van der Waals surface area contributed by atoms with Crippen LogP contribution in [0.5, 0.6) is 0 Å². The van der Waals surface area contributed by atoms with Gasteiger partial charge in [-0.15, -0.1) is 0 Å². The van der Waals surface area contributed by atoms with Crippen LogP contribution in [0.25, 0.3) is 0 Å². The number of carboxylic acids is 1. The van der Waals surface area contributed by atoms with E-state index >= 15 is 0 Å². The second-order valence-corrected chi connectivity index (χ2v) is 5.86. The van der Waals surface area contributed by atoms with Crippen molar-refractivity contribution in [2.24, 2.45) is 23.7 Å². The Labute approximate surface area is 97.6 Å². The van der Waals surface area contributed by atoms with E-state index in [0.29, 0.717) is 17.8 Å².